The number of carbonyl (C=O) groups excluding carboxylic acids is 2. The molecule has 1 aromatic carbocycles. The number of phenolic OH excluding ortho intramolecular Hbond substituents is 1. The number of carbonyl (C=O) groups is 2. The van der Waals surface area contributed by atoms with E-state index in [0.717, 1.165) is 11.1 Å². The van der Waals surface area contributed by atoms with Crippen LogP contribution in [0.4, 0.5) is 0 Å². The van der Waals surface area contributed by atoms with Crippen molar-refractivity contribution in [3.8, 4) is 5.75 Å². The first kappa shape index (κ1) is 16.8. The molecule has 6 nitrogen and oxygen atoms in total. The van der Waals surface area contributed by atoms with Crippen molar-refractivity contribution in [3.63, 3.8) is 0 Å². The summed E-state index contributed by atoms with van der Waals surface area (Å²) in [7, 11) is 0. The van der Waals surface area contributed by atoms with Crippen LogP contribution in [0.25, 0.3) is 5.57 Å². The summed E-state index contributed by atoms with van der Waals surface area (Å²) in [4.78, 5) is 24.7. The first-order valence-corrected chi connectivity index (χ1v) is 7.30. The molecule has 0 aromatic heterocycles. The monoisotopic (exact) mass is 317 g/mol. The van der Waals surface area contributed by atoms with E-state index in [1.807, 2.05) is 0 Å². The molecule has 23 heavy (non-hydrogen) atoms. The lowest BCUT2D eigenvalue weighted by atomic mass is 10.0. The fourth-order valence-corrected chi connectivity index (χ4v) is 2.19. The zero-order valence-corrected chi connectivity index (χ0v) is 12.8. The Balaban J connectivity index is 2.06. The largest absolute Gasteiger partial charge is 0.508 e. The molecule has 0 spiro atoms. The summed E-state index contributed by atoms with van der Waals surface area (Å²) < 4.78 is 4.74. The number of Topliss-reactive ketones (excluding diaryl/α,β-unsaturated/α-hetero) is 1. The molecule has 1 aromatic rings. The Morgan fingerprint density at radius 1 is 1.26 bits per heavy atom. The van der Waals surface area contributed by atoms with Crippen LogP contribution in [0.15, 0.2) is 42.6 Å². The lowest BCUT2D eigenvalue weighted by Crippen LogP contribution is -2.36. The first-order valence-electron chi connectivity index (χ1n) is 7.30. The molecule has 1 aliphatic heterocycles. The van der Waals surface area contributed by atoms with Crippen molar-refractivity contribution in [2.45, 2.75) is 19.6 Å². The predicted molar refractivity (Wildman–Crippen MR) is 84.2 cm³/mol. The molecule has 0 saturated carbocycles. The molecule has 1 aliphatic rings. The molecular formula is C17H19NO5. The molecule has 0 bridgehead atoms. The van der Waals surface area contributed by atoms with Gasteiger partial charge in [0.2, 0.25) is 0 Å². The number of benzene rings is 1. The van der Waals surface area contributed by atoms with Gasteiger partial charge in [0, 0.05) is 6.20 Å². The van der Waals surface area contributed by atoms with E-state index < -0.39 is 12.2 Å². The van der Waals surface area contributed by atoms with Crippen LogP contribution in [0.3, 0.4) is 0 Å². The number of hydrogen-bond acceptors (Lipinski definition) is 6. The number of rotatable bonds is 6. The number of phenols is 1. The van der Waals surface area contributed by atoms with Crippen LogP contribution in [0, 0.1) is 0 Å². The summed E-state index contributed by atoms with van der Waals surface area (Å²) in [6, 6.07) is 6.60. The molecule has 2 rings (SSSR count). The van der Waals surface area contributed by atoms with E-state index >= 15 is 0 Å². The van der Waals surface area contributed by atoms with Crippen molar-refractivity contribution in [2.75, 3.05) is 13.2 Å². The molecule has 0 amide bonds. The van der Waals surface area contributed by atoms with E-state index in [1.54, 1.807) is 49.5 Å². The molecule has 0 radical (unpaired) electrons. The quantitative estimate of drug-likeness (QED) is 0.610. The molecule has 6 heteroatoms. The Labute approximate surface area is 134 Å². The van der Waals surface area contributed by atoms with Crippen LogP contribution in [-0.2, 0) is 14.3 Å². The van der Waals surface area contributed by atoms with Crippen molar-refractivity contribution in [3.05, 3.63) is 48.2 Å². The highest BCUT2D eigenvalue weighted by Gasteiger charge is 2.20. The van der Waals surface area contributed by atoms with Gasteiger partial charge >= 0.3 is 5.97 Å². The second-order valence-electron chi connectivity index (χ2n) is 5.10. The lowest BCUT2D eigenvalue weighted by molar-refractivity contribution is -0.145. The van der Waals surface area contributed by atoms with E-state index in [2.05, 4.69) is 0 Å². The van der Waals surface area contributed by atoms with Crippen LogP contribution >= 0.6 is 0 Å². The number of allylic oxidation sites excluding steroid dienone is 2. The Morgan fingerprint density at radius 3 is 2.61 bits per heavy atom. The van der Waals surface area contributed by atoms with E-state index in [1.165, 1.54) is 4.90 Å². The summed E-state index contributed by atoms with van der Waals surface area (Å²) >= 11 is 0. The van der Waals surface area contributed by atoms with Crippen molar-refractivity contribution in [1.82, 2.24) is 4.90 Å². The Hall–Kier alpha value is -2.60. The summed E-state index contributed by atoms with van der Waals surface area (Å²) in [6.45, 7) is 1.81. The number of hydrogen-bond donors (Lipinski definition) is 2. The third kappa shape index (κ3) is 4.69. The van der Waals surface area contributed by atoms with Gasteiger partial charge in [0.1, 0.15) is 18.4 Å². The standard InChI is InChI=1S/C17H19NO5/c1-2-23-17(22)9-15(20)11-18-10-13(5-8-16(18)21)12-3-6-14(19)7-4-12/h3-8,10,16,19,21H,2,9,11H2,1H3. The molecule has 0 aliphatic carbocycles. The minimum absolute atomic E-state index is 0.0914. The summed E-state index contributed by atoms with van der Waals surface area (Å²) in [6.07, 6.45) is 3.70. The number of ketones is 1. The fourth-order valence-electron chi connectivity index (χ4n) is 2.19. The zero-order valence-electron chi connectivity index (χ0n) is 12.8. The number of aliphatic hydroxyl groups excluding tert-OH is 1. The van der Waals surface area contributed by atoms with Gasteiger partial charge in [-0.05, 0) is 36.3 Å². The molecule has 2 N–H and O–H groups in total. The topological polar surface area (TPSA) is 87.1 Å². The van der Waals surface area contributed by atoms with Gasteiger partial charge in [-0.2, -0.15) is 0 Å². The van der Waals surface area contributed by atoms with Crippen molar-refractivity contribution in [2.24, 2.45) is 0 Å². The second-order valence-corrected chi connectivity index (χ2v) is 5.10. The summed E-state index contributed by atoms with van der Waals surface area (Å²) in [5.74, 6) is -0.739. The molecule has 1 heterocycles. The molecule has 122 valence electrons. The van der Waals surface area contributed by atoms with Gasteiger partial charge in [0.15, 0.2) is 5.78 Å². The highest BCUT2D eigenvalue weighted by Crippen LogP contribution is 2.23. The average Bonchev–Trinajstić information content (AvgIpc) is 2.50. The first-order chi connectivity index (χ1) is 11.0. The van der Waals surface area contributed by atoms with Gasteiger partial charge in [-0.3, -0.25) is 9.59 Å². The molecule has 1 unspecified atom stereocenters. The van der Waals surface area contributed by atoms with Gasteiger partial charge in [-0.1, -0.05) is 18.2 Å². The molecular weight excluding hydrogens is 298 g/mol. The maximum atomic E-state index is 11.9. The lowest BCUT2D eigenvalue weighted by Gasteiger charge is -2.27. The minimum Gasteiger partial charge on any atom is -0.508 e. The Kier molecular flexibility index (Phi) is 5.54. The number of nitrogens with zero attached hydrogens (tertiary/aromatic N) is 1. The van der Waals surface area contributed by atoms with Crippen LogP contribution < -0.4 is 0 Å². The number of ether oxygens (including phenoxy) is 1. The second kappa shape index (κ2) is 7.60. The van der Waals surface area contributed by atoms with E-state index in [4.69, 9.17) is 4.74 Å². The van der Waals surface area contributed by atoms with Crippen LogP contribution in [-0.4, -0.2) is 46.2 Å². The zero-order chi connectivity index (χ0) is 16.8. The maximum Gasteiger partial charge on any atom is 0.313 e. The Morgan fingerprint density at radius 2 is 1.96 bits per heavy atom. The number of aromatic hydroxyl groups is 1. The van der Waals surface area contributed by atoms with E-state index in [0.29, 0.717) is 0 Å². The minimum atomic E-state index is -0.929. The highest BCUT2D eigenvalue weighted by molar-refractivity contribution is 5.96. The van der Waals surface area contributed by atoms with Crippen LogP contribution in [0.2, 0.25) is 0 Å². The van der Waals surface area contributed by atoms with Gasteiger partial charge < -0.3 is 19.8 Å². The molecule has 0 fully saturated rings. The SMILES string of the molecule is CCOC(=O)CC(=O)CN1C=C(c2ccc(O)cc2)C=CC1O. The van der Waals surface area contributed by atoms with Crippen LogP contribution in [0.1, 0.15) is 18.9 Å². The maximum absolute atomic E-state index is 11.9. The van der Waals surface area contributed by atoms with E-state index in [-0.39, 0.29) is 31.1 Å². The molecule has 0 saturated heterocycles. The van der Waals surface area contributed by atoms with Crippen molar-refractivity contribution in [1.29, 1.82) is 0 Å². The predicted octanol–water partition coefficient (Wildman–Crippen LogP) is 1.45. The van der Waals surface area contributed by atoms with Gasteiger partial charge in [-0.15, -0.1) is 0 Å². The van der Waals surface area contributed by atoms with Gasteiger partial charge in [0.25, 0.3) is 0 Å². The normalized spacial score (nSPS) is 16.9. The molecule has 1 atom stereocenters. The van der Waals surface area contributed by atoms with E-state index in [9.17, 15) is 19.8 Å². The number of aliphatic hydroxyl groups is 1. The number of esters is 1. The smallest absolute Gasteiger partial charge is 0.313 e. The third-order valence-corrected chi connectivity index (χ3v) is 3.30. The summed E-state index contributed by atoms with van der Waals surface area (Å²) in [5, 5.41) is 19.3. The van der Waals surface area contributed by atoms with Gasteiger partial charge in [0.05, 0.1) is 13.2 Å². The van der Waals surface area contributed by atoms with Crippen molar-refractivity contribution >= 4 is 17.3 Å². The summed E-state index contributed by atoms with van der Waals surface area (Å²) in [5.41, 5.74) is 1.63. The highest BCUT2D eigenvalue weighted by atomic mass is 16.5. The Bertz CT molecular complexity index is 633. The van der Waals surface area contributed by atoms with Crippen LogP contribution in [0.5, 0.6) is 5.75 Å². The average molecular weight is 317 g/mol. The van der Waals surface area contributed by atoms with Crippen molar-refractivity contribution < 1.29 is 24.5 Å². The third-order valence-electron chi connectivity index (χ3n) is 3.30. The fraction of sp³-hybridized carbons (Fsp3) is 0.294. The van der Waals surface area contributed by atoms with Gasteiger partial charge in [-0.25, -0.2) is 0 Å².